The average molecular weight is 334 g/mol. The molecule has 0 aliphatic carbocycles. The minimum absolute atomic E-state index is 0.0938. The summed E-state index contributed by atoms with van der Waals surface area (Å²) in [4.78, 5) is 13.9. The summed E-state index contributed by atoms with van der Waals surface area (Å²) >= 11 is 5.21. The van der Waals surface area contributed by atoms with E-state index in [0.717, 1.165) is 12.0 Å². The van der Waals surface area contributed by atoms with Gasteiger partial charge in [-0.2, -0.15) is 0 Å². The molecule has 23 heavy (non-hydrogen) atoms. The molecule has 1 aliphatic rings. The highest BCUT2D eigenvalue weighted by atomic mass is 32.1. The van der Waals surface area contributed by atoms with Crippen molar-refractivity contribution < 1.29 is 14.3 Å². The van der Waals surface area contributed by atoms with Crippen LogP contribution in [0.2, 0.25) is 0 Å². The van der Waals surface area contributed by atoms with Crippen LogP contribution in [0.25, 0.3) is 6.08 Å². The van der Waals surface area contributed by atoms with E-state index in [-0.39, 0.29) is 5.91 Å². The monoisotopic (exact) mass is 334 g/mol. The first kappa shape index (κ1) is 17.3. The predicted octanol–water partition coefficient (Wildman–Crippen LogP) is 2.95. The molecule has 6 heteroatoms. The fraction of sp³-hybridized carbons (Fsp3) is 0.412. The smallest absolute Gasteiger partial charge is 0.276 e. The largest absolute Gasteiger partial charge is 0.490 e. The van der Waals surface area contributed by atoms with Crippen molar-refractivity contribution in [1.29, 1.82) is 0 Å². The minimum Gasteiger partial charge on any atom is -0.490 e. The summed E-state index contributed by atoms with van der Waals surface area (Å²) in [6.07, 6.45) is 2.64. The number of hydrogen-bond donors (Lipinski definition) is 1. The summed E-state index contributed by atoms with van der Waals surface area (Å²) in [6.45, 7) is 7.60. The number of hydrogen-bond acceptors (Lipinski definition) is 4. The van der Waals surface area contributed by atoms with Crippen LogP contribution in [-0.4, -0.2) is 35.7 Å². The molecule has 0 atom stereocenters. The standard InChI is InChI=1S/C17H22N2O3S/c1-4-9-19-16(20)13(18-17(19)23)10-12-7-8-14(21-5-2)15(11-12)22-6-3/h7-8,10-11H,4-6,9H2,1-3H3,(H,18,23)/b13-10-. The lowest BCUT2D eigenvalue weighted by Gasteiger charge is -2.12. The Kier molecular flexibility index (Phi) is 5.98. The molecule has 0 aromatic heterocycles. The first-order valence-corrected chi connectivity index (χ1v) is 8.25. The molecule has 1 heterocycles. The van der Waals surface area contributed by atoms with Crippen LogP contribution in [0, 0.1) is 0 Å². The summed E-state index contributed by atoms with van der Waals surface area (Å²) < 4.78 is 11.2. The lowest BCUT2D eigenvalue weighted by atomic mass is 10.1. The highest BCUT2D eigenvalue weighted by Gasteiger charge is 2.29. The summed E-state index contributed by atoms with van der Waals surface area (Å²) in [6, 6.07) is 5.60. The van der Waals surface area contributed by atoms with E-state index in [1.807, 2.05) is 39.0 Å². The maximum Gasteiger partial charge on any atom is 0.276 e. The molecule has 1 aromatic carbocycles. The van der Waals surface area contributed by atoms with Gasteiger partial charge in [-0.15, -0.1) is 0 Å². The molecule has 0 saturated carbocycles. The van der Waals surface area contributed by atoms with Crippen LogP contribution in [0.5, 0.6) is 11.5 Å². The van der Waals surface area contributed by atoms with Crippen molar-refractivity contribution in [2.45, 2.75) is 27.2 Å². The van der Waals surface area contributed by atoms with Gasteiger partial charge in [-0.1, -0.05) is 13.0 Å². The van der Waals surface area contributed by atoms with Gasteiger partial charge in [-0.05, 0) is 56.3 Å². The zero-order chi connectivity index (χ0) is 16.8. The van der Waals surface area contributed by atoms with Gasteiger partial charge in [0, 0.05) is 6.54 Å². The van der Waals surface area contributed by atoms with Gasteiger partial charge in [-0.3, -0.25) is 9.69 Å². The van der Waals surface area contributed by atoms with Crippen LogP contribution < -0.4 is 14.8 Å². The molecule has 2 rings (SSSR count). The number of ether oxygens (including phenoxy) is 2. The van der Waals surface area contributed by atoms with Gasteiger partial charge >= 0.3 is 0 Å². The third-order valence-electron chi connectivity index (χ3n) is 3.29. The quantitative estimate of drug-likeness (QED) is 0.614. The number of thiocarbonyl (C=S) groups is 1. The Bertz CT molecular complexity index is 628. The van der Waals surface area contributed by atoms with Crippen molar-refractivity contribution in [1.82, 2.24) is 10.2 Å². The maximum absolute atomic E-state index is 12.3. The molecule has 1 amide bonds. The molecule has 124 valence electrons. The van der Waals surface area contributed by atoms with E-state index >= 15 is 0 Å². The van der Waals surface area contributed by atoms with Crippen LogP contribution in [-0.2, 0) is 4.79 Å². The Balaban J connectivity index is 2.27. The van der Waals surface area contributed by atoms with Crippen LogP contribution in [0.3, 0.4) is 0 Å². The highest BCUT2D eigenvalue weighted by molar-refractivity contribution is 7.80. The van der Waals surface area contributed by atoms with Gasteiger partial charge in [0.1, 0.15) is 5.70 Å². The van der Waals surface area contributed by atoms with Gasteiger partial charge < -0.3 is 14.8 Å². The lowest BCUT2D eigenvalue weighted by molar-refractivity contribution is -0.122. The Hall–Kier alpha value is -2.08. The van der Waals surface area contributed by atoms with Gasteiger partial charge in [0.2, 0.25) is 0 Å². The van der Waals surface area contributed by atoms with Gasteiger partial charge in [0.05, 0.1) is 13.2 Å². The fourth-order valence-electron chi connectivity index (χ4n) is 2.32. The zero-order valence-corrected chi connectivity index (χ0v) is 14.5. The number of amides is 1. The molecule has 0 radical (unpaired) electrons. The van der Waals surface area contributed by atoms with E-state index in [4.69, 9.17) is 21.7 Å². The van der Waals surface area contributed by atoms with Crippen LogP contribution in [0.1, 0.15) is 32.8 Å². The second-order valence-electron chi connectivity index (χ2n) is 5.02. The maximum atomic E-state index is 12.3. The first-order valence-electron chi connectivity index (χ1n) is 7.84. The normalized spacial score (nSPS) is 16.0. The number of rotatable bonds is 7. The number of carbonyl (C=O) groups excluding carboxylic acids is 1. The van der Waals surface area contributed by atoms with Gasteiger partial charge in [-0.25, -0.2) is 0 Å². The number of nitrogens with one attached hydrogen (secondary N) is 1. The second-order valence-corrected chi connectivity index (χ2v) is 5.40. The van der Waals surface area contributed by atoms with Gasteiger partial charge in [0.25, 0.3) is 5.91 Å². The molecule has 1 fully saturated rings. The van der Waals surface area contributed by atoms with E-state index in [1.54, 1.807) is 11.0 Å². The van der Waals surface area contributed by atoms with E-state index in [1.165, 1.54) is 0 Å². The van der Waals surface area contributed by atoms with E-state index < -0.39 is 0 Å². The molecule has 0 unspecified atom stereocenters. The van der Waals surface area contributed by atoms with Crippen molar-refractivity contribution in [3.63, 3.8) is 0 Å². The molecular weight excluding hydrogens is 312 g/mol. The molecular formula is C17H22N2O3S. The number of nitrogens with zero attached hydrogens (tertiary/aromatic N) is 1. The van der Waals surface area contributed by atoms with E-state index in [0.29, 0.717) is 42.1 Å². The van der Waals surface area contributed by atoms with Crippen molar-refractivity contribution in [2.75, 3.05) is 19.8 Å². The zero-order valence-electron chi connectivity index (χ0n) is 13.7. The van der Waals surface area contributed by atoms with E-state index in [2.05, 4.69) is 5.32 Å². The Morgan fingerprint density at radius 3 is 2.52 bits per heavy atom. The molecule has 5 nitrogen and oxygen atoms in total. The Labute approximate surface area is 142 Å². The Morgan fingerprint density at radius 1 is 1.17 bits per heavy atom. The third kappa shape index (κ3) is 4.01. The molecule has 0 spiro atoms. The van der Waals surface area contributed by atoms with Gasteiger partial charge in [0.15, 0.2) is 16.6 Å². The predicted molar refractivity (Wildman–Crippen MR) is 94.5 cm³/mol. The average Bonchev–Trinajstić information content (AvgIpc) is 2.78. The van der Waals surface area contributed by atoms with E-state index in [9.17, 15) is 4.79 Å². The Morgan fingerprint density at radius 2 is 1.87 bits per heavy atom. The summed E-state index contributed by atoms with van der Waals surface area (Å²) in [5.74, 6) is 1.27. The van der Waals surface area contributed by atoms with Crippen LogP contribution in [0.4, 0.5) is 0 Å². The number of carbonyl (C=O) groups is 1. The summed E-state index contributed by atoms with van der Waals surface area (Å²) in [5.41, 5.74) is 1.34. The van der Waals surface area contributed by atoms with Crippen molar-refractivity contribution in [3.8, 4) is 11.5 Å². The minimum atomic E-state index is -0.0938. The summed E-state index contributed by atoms with van der Waals surface area (Å²) in [7, 11) is 0. The topological polar surface area (TPSA) is 50.8 Å². The molecule has 1 saturated heterocycles. The fourth-order valence-corrected chi connectivity index (χ4v) is 2.61. The number of benzene rings is 1. The first-order chi connectivity index (χ1) is 11.1. The molecule has 1 N–H and O–H groups in total. The van der Waals surface area contributed by atoms with Crippen LogP contribution >= 0.6 is 12.2 Å². The SMILES string of the molecule is CCCN1C(=O)/C(=C/c2ccc(OCC)c(OCC)c2)NC1=S. The molecule has 0 bridgehead atoms. The van der Waals surface area contributed by atoms with Crippen molar-refractivity contribution in [2.24, 2.45) is 0 Å². The second kappa shape index (κ2) is 7.97. The third-order valence-corrected chi connectivity index (χ3v) is 3.61. The molecule has 1 aliphatic heterocycles. The van der Waals surface area contributed by atoms with Crippen LogP contribution in [0.15, 0.2) is 23.9 Å². The lowest BCUT2D eigenvalue weighted by Crippen LogP contribution is -2.31. The summed E-state index contributed by atoms with van der Waals surface area (Å²) in [5, 5.41) is 3.43. The van der Waals surface area contributed by atoms with Crippen molar-refractivity contribution in [3.05, 3.63) is 29.5 Å². The molecule has 1 aromatic rings. The highest BCUT2D eigenvalue weighted by Crippen LogP contribution is 2.29. The van der Waals surface area contributed by atoms with Crippen molar-refractivity contribution >= 4 is 29.3 Å².